The maximum Gasteiger partial charge on any atom is 0.305 e. The second-order valence-electron chi connectivity index (χ2n) is 10.4. The number of allylic oxidation sites excluding steroid dienone is 2. The topological polar surface area (TPSA) is 101 Å². The van der Waals surface area contributed by atoms with Crippen LogP contribution in [0.4, 0.5) is 0 Å². The number of sulfonamides is 1. The van der Waals surface area contributed by atoms with Crippen LogP contribution in [0.3, 0.4) is 0 Å². The number of carbonyl (C=O) groups excluding carboxylic acids is 1. The van der Waals surface area contributed by atoms with Crippen molar-refractivity contribution >= 4 is 46.3 Å². The van der Waals surface area contributed by atoms with Gasteiger partial charge in [0.15, 0.2) is 5.60 Å². The Morgan fingerprint density at radius 3 is 2.30 bits per heavy atom. The maximum absolute atomic E-state index is 13.4. The zero-order chi connectivity index (χ0) is 30.3. The minimum atomic E-state index is -3.88. The van der Waals surface area contributed by atoms with E-state index in [4.69, 9.17) is 17.0 Å². The highest BCUT2D eigenvalue weighted by Gasteiger charge is 2.48. The molecule has 0 radical (unpaired) electrons. The molecule has 1 fully saturated rings. The van der Waals surface area contributed by atoms with Crippen LogP contribution >= 0.6 is 12.2 Å². The minimum Gasteiger partial charge on any atom is -0.466 e. The van der Waals surface area contributed by atoms with Crippen molar-refractivity contribution in [2.24, 2.45) is 10.1 Å². The second kappa shape index (κ2) is 13.5. The number of esters is 1. The van der Waals surface area contributed by atoms with Gasteiger partial charge in [0.05, 0.1) is 23.7 Å². The SMILES string of the molecule is C=NN1C(CC)=C(C2(C)CN(S(=O)(=O)c3ccc(C(C)(C)C)cc3)C(=S)O2)C=N/C1=C/CC.CCOC(=O)CC. The van der Waals surface area contributed by atoms with Gasteiger partial charge >= 0.3 is 5.97 Å². The Bertz CT molecular complexity index is 1290. The van der Waals surface area contributed by atoms with Gasteiger partial charge in [-0.25, -0.2) is 22.7 Å². The van der Waals surface area contributed by atoms with Gasteiger partial charge in [-0.2, -0.15) is 5.10 Å². The Kier molecular flexibility index (Phi) is 11.2. The molecule has 220 valence electrons. The lowest BCUT2D eigenvalue weighted by Crippen LogP contribution is -2.39. The Labute approximate surface area is 244 Å². The predicted octanol–water partition coefficient (Wildman–Crippen LogP) is 5.93. The second-order valence-corrected chi connectivity index (χ2v) is 12.7. The number of hydrazone groups is 1. The molecule has 0 bridgehead atoms. The monoisotopic (exact) mass is 590 g/mol. The highest BCUT2D eigenvalue weighted by Crippen LogP contribution is 2.38. The van der Waals surface area contributed by atoms with Crippen LogP contribution in [0.2, 0.25) is 0 Å². The van der Waals surface area contributed by atoms with Crippen LogP contribution in [0, 0.1) is 0 Å². The maximum atomic E-state index is 13.4. The normalized spacial score (nSPS) is 20.3. The molecule has 9 nitrogen and oxygen atoms in total. The molecule has 1 atom stereocenters. The van der Waals surface area contributed by atoms with Crippen molar-refractivity contribution in [3.63, 3.8) is 0 Å². The van der Waals surface area contributed by atoms with Gasteiger partial charge < -0.3 is 9.47 Å². The van der Waals surface area contributed by atoms with Gasteiger partial charge in [0.2, 0.25) is 0 Å². The van der Waals surface area contributed by atoms with Crippen molar-refractivity contribution in [2.45, 2.75) is 90.6 Å². The largest absolute Gasteiger partial charge is 0.466 e. The van der Waals surface area contributed by atoms with E-state index >= 15 is 0 Å². The lowest BCUT2D eigenvalue weighted by molar-refractivity contribution is -0.142. The molecule has 1 saturated heterocycles. The summed E-state index contributed by atoms with van der Waals surface area (Å²) in [6, 6.07) is 6.93. The van der Waals surface area contributed by atoms with E-state index < -0.39 is 15.6 Å². The molecule has 3 rings (SSSR count). The number of hydrogen-bond donors (Lipinski definition) is 0. The highest BCUT2D eigenvalue weighted by atomic mass is 32.2. The van der Waals surface area contributed by atoms with Crippen molar-refractivity contribution in [2.75, 3.05) is 13.2 Å². The molecule has 40 heavy (non-hydrogen) atoms. The first-order chi connectivity index (χ1) is 18.7. The van der Waals surface area contributed by atoms with E-state index in [9.17, 15) is 13.2 Å². The van der Waals surface area contributed by atoms with Crippen molar-refractivity contribution in [1.29, 1.82) is 0 Å². The first-order valence-electron chi connectivity index (χ1n) is 13.5. The van der Waals surface area contributed by atoms with Crippen molar-refractivity contribution in [3.8, 4) is 0 Å². The van der Waals surface area contributed by atoms with Gasteiger partial charge in [-0.3, -0.25) is 4.79 Å². The molecule has 2 heterocycles. The van der Waals surface area contributed by atoms with E-state index in [1.165, 1.54) is 0 Å². The summed E-state index contributed by atoms with van der Waals surface area (Å²) >= 11 is 5.39. The van der Waals surface area contributed by atoms with E-state index in [0.29, 0.717) is 25.3 Å². The van der Waals surface area contributed by atoms with Gasteiger partial charge in [0.1, 0.15) is 5.82 Å². The number of nitrogens with zero attached hydrogens (tertiary/aromatic N) is 4. The third kappa shape index (κ3) is 7.37. The third-order valence-electron chi connectivity index (χ3n) is 6.41. The van der Waals surface area contributed by atoms with Crippen LogP contribution in [0.25, 0.3) is 0 Å². The molecular formula is C29H42N4O5S2. The number of aliphatic imine (C=N–C) groups is 1. The van der Waals surface area contributed by atoms with Crippen LogP contribution in [0.1, 0.15) is 80.2 Å². The molecule has 1 aromatic rings. The lowest BCUT2D eigenvalue weighted by atomic mass is 9.87. The van der Waals surface area contributed by atoms with Crippen molar-refractivity contribution < 1.29 is 22.7 Å². The van der Waals surface area contributed by atoms with E-state index in [0.717, 1.165) is 27.6 Å². The summed E-state index contributed by atoms with van der Waals surface area (Å²) in [5.41, 5.74) is 1.54. The van der Waals surface area contributed by atoms with E-state index in [1.54, 1.807) is 37.2 Å². The molecule has 0 N–H and O–H groups in total. The number of hydrogen-bond acceptors (Lipinski definition) is 9. The molecule has 2 aliphatic heterocycles. The van der Waals surface area contributed by atoms with Crippen LogP contribution < -0.4 is 0 Å². The Morgan fingerprint density at radius 2 is 1.85 bits per heavy atom. The molecule has 0 saturated carbocycles. The van der Waals surface area contributed by atoms with Gasteiger partial charge in [0, 0.05) is 24.9 Å². The van der Waals surface area contributed by atoms with Gasteiger partial charge in [-0.1, -0.05) is 53.7 Å². The average molecular weight is 591 g/mol. The summed E-state index contributed by atoms with van der Waals surface area (Å²) in [6.07, 6.45) is 5.59. The molecule has 1 aromatic carbocycles. The summed E-state index contributed by atoms with van der Waals surface area (Å²) in [7, 11) is -3.88. The van der Waals surface area contributed by atoms with Gasteiger partial charge in [-0.05, 0) is 68.1 Å². The fourth-order valence-electron chi connectivity index (χ4n) is 4.23. The quantitative estimate of drug-likeness (QED) is 0.210. The molecule has 0 aromatic heterocycles. The molecule has 11 heteroatoms. The predicted molar refractivity (Wildman–Crippen MR) is 164 cm³/mol. The van der Waals surface area contributed by atoms with Crippen molar-refractivity contribution in [3.05, 3.63) is 53.0 Å². The Hall–Kier alpha value is -3.05. The number of rotatable bonds is 8. The zero-order valence-electron chi connectivity index (χ0n) is 24.9. The number of carbonyl (C=O) groups is 1. The molecule has 0 spiro atoms. The average Bonchev–Trinajstić information content (AvgIpc) is 3.24. The number of benzene rings is 1. The number of thiocarbonyl (C=S) groups is 1. The molecule has 2 aliphatic rings. The molecule has 0 amide bonds. The summed E-state index contributed by atoms with van der Waals surface area (Å²) in [5, 5.41) is 5.74. The zero-order valence-corrected chi connectivity index (χ0v) is 26.5. The molecule has 1 unspecified atom stereocenters. The highest BCUT2D eigenvalue weighted by molar-refractivity contribution is 7.91. The van der Waals surface area contributed by atoms with E-state index in [-0.39, 0.29) is 28.0 Å². The minimum absolute atomic E-state index is 0.0395. The Balaban J connectivity index is 0.000000708. The van der Waals surface area contributed by atoms with Crippen LogP contribution in [-0.4, -0.2) is 60.6 Å². The third-order valence-corrected chi connectivity index (χ3v) is 8.57. The standard InChI is InChI=1S/C24H32N4O3S2.C5H10O2/c1-8-10-21-26-15-19(20(9-2)28(21)25-7)24(6)16-27(22(32)31-24)33(29,30)18-13-11-17(12-14-18)23(3,4)5;1-3-5(6)7-4-2/h10-15H,7-9,16H2,1-6H3;3-4H2,1-2H3/b21-10-;. The summed E-state index contributed by atoms with van der Waals surface area (Å²) in [4.78, 5) is 14.9. The summed E-state index contributed by atoms with van der Waals surface area (Å²) < 4.78 is 38.6. The lowest BCUT2D eigenvalue weighted by Gasteiger charge is -2.33. The first-order valence-corrected chi connectivity index (χ1v) is 15.3. The van der Waals surface area contributed by atoms with E-state index in [1.807, 2.05) is 39.0 Å². The van der Waals surface area contributed by atoms with Crippen molar-refractivity contribution in [1.82, 2.24) is 9.31 Å². The summed E-state index contributed by atoms with van der Waals surface area (Å²) in [6.45, 7) is 19.9. The van der Waals surface area contributed by atoms with Crippen LogP contribution in [-0.2, 0) is 29.7 Å². The van der Waals surface area contributed by atoms with Crippen LogP contribution in [0.5, 0.6) is 0 Å². The number of ether oxygens (including phenoxy) is 2. The first kappa shape index (κ1) is 33.2. The van der Waals surface area contributed by atoms with Gasteiger partial charge in [0.25, 0.3) is 15.2 Å². The van der Waals surface area contributed by atoms with E-state index in [2.05, 4.69) is 42.3 Å². The smallest absolute Gasteiger partial charge is 0.305 e. The Morgan fingerprint density at radius 1 is 1.23 bits per heavy atom. The van der Waals surface area contributed by atoms with Crippen LogP contribution in [0.15, 0.2) is 62.4 Å². The molecule has 0 aliphatic carbocycles. The van der Waals surface area contributed by atoms with Gasteiger partial charge in [-0.15, -0.1) is 0 Å². The molecular weight excluding hydrogens is 548 g/mol. The fraction of sp³-hybridized carbons (Fsp3) is 0.517. The fourth-order valence-corrected chi connectivity index (χ4v) is 6.16. The summed E-state index contributed by atoms with van der Waals surface area (Å²) in [5.74, 6) is 0.559.